The summed E-state index contributed by atoms with van der Waals surface area (Å²) >= 11 is 0. The molecule has 1 saturated heterocycles. The number of aliphatic hydroxyl groups is 2. The fourth-order valence-electron chi connectivity index (χ4n) is 3.87. The van der Waals surface area contributed by atoms with Gasteiger partial charge in [0.1, 0.15) is 0 Å². The molecule has 0 spiro atoms. The van der Waals surface area contributed by atoms with Crippen LogP contribution in [0.15, 0.2) is 12.2 Å². The summed E-state index contributed by atoms with van der Waals surface area (Å²) in [4.78, 5) is 11.0. The molecule has 0 aromatic heterocycles. The second-order valence-corrected chi connectivity index (χ2v) is 6.99. The van der Waals surface area contributed by atoms with Crippen molar-refractivity contribution < 1.29 is 29.2 Å². The van der Waals surface area contributed by atoms with Crippen molar-refractivity contribution in [2.75, 3.05) is 20.3 Å². The first-order valence-corrected chi connectivity index (χ1v) is 9.46. The number of esters is 1. The molecule has 0 radical (unpaired) electrons. The Morgan fingerprint density at radius 1 is 1.28 bits per heavy atom. The first kappa shape index (κ1) is 20.4. The summed E-state index contributed by atoms with van der Waals surface area (Å²) in [5.41, 5.74) is 0. The van der Waals surface area contributed by atoms with Gasteiger partial charge in [-0.1, -0.05) is 12.5 Å². The Bertz CT molecular complexity index is 418. The highest BCUT2D eigenvalue weighted by molar-refractivity contribution is 5.81. The normalized spacial score (nSPS) is 33.0. The number of carbonyl (C=O) groups excluding carboxylic acids is 1. The van der Waals surface area contributed by atoms with Crippen LogP contribution in [-0.4, -0.2) is 55.0 Å². The minimum absolute atomic E-state index is 0.0291. The lowest BCUT2D eigenvalue weighted by molar-refractivity contribution is -0.198. The van der Waals surface area contributed by atoms with E-state index in [9.17, 15) is 15.0 Å². The molecule has 0 aromatic rings. The smallest absolute Gasteiger partial charge is 0.330 e. The average Bonchev–Trinajstić information content (AvgIpc) is 2.92. The van der Waals surface area contributed by atoms with Gasteiger partial charge < -0.3 is 24.4 Å². The predicted octanol–water partition coefficient (Wildman–Crippen LogP) is 2.18. The van der Waals surface area contributed by atoms with Crippen LogP contribution in [0.2, 0.25) is 0 Å². The monoisotopic (exact) mass is 356 g/mol. The summed E-state index contributed by atoms with van der Waals surface area (Å²) in [6.07, 6.45) is 9.66. The largest absolute Gasteiger partial charge is 0.466 e. The molecule has 6 nitrogen and oxygen atoms in total. The Labute approximate surface area is 150 Å². The van der Waals surface area contributed by atoms with Gasteiger partial charge in [0.2, 0.25) is 0 Å². The molecule has 1 heterocycles. The van der Waals surface area contributed by atoms with E-state index in [-0.39, 0.29) is 36.8 Å². The lowest BCUT2D eigenvalue weighted by atomic mass is 9.89. The van der Waals surface area contributed by atoms with Crippen LogP contribution >= 0.6 is 0 Å². The van der Waals surface area contributed by atoms with Crippen LogP contribution in [0.4, 0.5) is 0 Å². The van der Waals surface area contributed by atoms with Crippen LogP contribution < -0.4 is 0 Å². The minimum Gasteiger partial charge on any atom is -0.466 e. The Morgan fingerprint density at radius 3 is 2.80 bits per heavy atom. The standard InChI is InChI=1S/C19H32O6/c1-23-18(22)9-5-3-2-4-8-14-15(13-20)17(12-16(14)21)25-19-10-6-7-11-24-19/h5,9,14-17,19-21H,2-4,6-8,10-13H2,1H3/b9-5+/t14-,15-,16+,17-,19?/m0/s1. The number of ether oxygens (including phenoxy) is 3. The lowest BCUT2D eigenvalue weighted by Gasteiger charge is -2.29. The van der Waals surface area contributed by atoms with E-state index in [1.807, 2.05) is 6.08 Å². The number of hydrogen-bond donors (Lipinski definition) is 2. The lowest BCUT2D eigenvalue weighted by Crippen LogP contribution is -2.33. The van der Waals surface area contributed by atoms with Crippen molar-refractivity contribution in [3.8, 4) is 0 Å². The van der Waals surface area contributed by atoms with Gasteiger partial charge in [0, 0.05) is 31.6 Å². The summed E-state index contributed by atoms with van der Waals surface area (Å²) < 4.78 is 16.2. The fourth-order valence-corrected chi connectivity index (χ4v) is 3.87. The number of aliphatic hydroxyl groups excluding tert-OH is 2. The molecule has 25 heavy (non-hydrogen) atoms. The van der Waals surface area contributed by atoms with Crippen molar-refractivity contribution >= 4 is 5.97 Å². The van der Waals surface area contributed by atoms with Crippen LogP contribution in [0.5, 0.6) is 0 Å². The van der Waals surface area contributed by atoms with E-state index in [1.54, 1.807) is 0 Å². The van der Waals surface area contributed by atoms with Gasteiger partial charge in [-0.3, -0.25) is 0 Å². The first-order chi connectivity index (χ1) is 12.2. The zero-order valence-electron chi connectivity index (χ0n) is 15.1. The van der Waals surface area contributed by atoms with Gasteiger partial charge in [-0.25, -0.2) is 4.79 Å². The summed E-state index contributed by atoms with van der Waals surface area (Å²) in [5.74, 6) is -0.314. The third-order valence-electron chi connectivity index (χ3n) is 5.28. The number of unbranched alkanes of at least 4 members (excludes halogenated alkanes) is 2. The Morgan fingerprint density at radius 2 is 2.12 bits per heavy atom. The Kier molecular flexibility index (Phi) is 8.89. The average molecular weight is 356 g/mol. The third kappa shape index (κ3) is 6.37. The van der Waals surface area contributed by atoms with Gasteiger partial charge in [0.15, 0.2) is 6.29 Å². The van der Waals surface area contributed by atoms with Crippen molar-refractivity contribution in [1.82, 2.24) is 0 Å². The highest BCUT2D eigenvalue weighted by Gasteiger charge is 2.43. The van der Waals surface area contributed by atoms with Crippen LogP contribution in [0.1, 0.15) is 51.4 Å². The minimum atomic E-state index is -0.434. The number of allylic oxidation sites excluding steroid dienone is 1. The summed E-state index contributed by atoms with van der Waals surface area (Å²) in [6.45, 7) is 0.758. The molecule has 0 amide bonds. The molecule has 1 unspecified atom stereocenters. The first-order valence-electron chi connectivity index (χ1n) is 9.46. The van der Waals surface area contributed by atoms with Crippen LogP contribution in [0.25, 0.3) is 0 Å². The van der Waals surface area contributed by atoms with E-state index >= 15 is 0 Å². The van der Waals surface area contributed by atoms with Gasteiger partial charge in [-0.2, -0.15) is 0 Å². The van der Waals surface area contributed by atoms with Crippen LogP contribution in [-0.2, 0) is 19.0 Å². The molecule has 144 valence electrons. The zero-order chi connectivity index (χ0) is 18.1. The molecule has 1 aliphatic heterocycles. The summed E-state index contributed by atoms with van der Waals surface area (Å²) in [6, 6.07) is 0. The van der Waals surface area contributed by atoms with Crippen molar-refractivity contribution in [2.45, 2.75) is 69.9 Å². The number of rotatable bonds is 9. The maximum absolute atomic E-state index is 11.0. The molecular formula is C19H32O6. The van der Waals surface area contributed by atoms with Crippen molar-refractivity contribution in [3.05, 3.63) is 12.2 Å². The number of hydrogen-bond acceptors (Lipinski definition) is 6. The van der Waals surface area contributed by atoms with Crippen molar-refractivity contribution in [3.63, 3.8) is 0 Å². The second-order valence-electron chi connectivity index (χ2n) is 6.99. The summed E-state index contributed by atoms with van der Waals surface area (Å²) in [5, 5.41) is 20.2. The van der Waals surface area contributed by atoms with E-state index in [0.29, 0.717) is 6.42 Å². The highest BCUT2D eigenvalue weighted by atomic mass is 16.7. The maximum Gasteiger partial charge on any atom is 0.330 e. The molecule has 5 atom stereocenters. The Balaban J connectivity index is 1.73. The Hall–Kier alpha value is -0.950. The van der Waals surface area contributed by atoms with Crippen molar-refractivity contribution in [2.24, 2.45) is 11.8 Å². The number of carbonyl (C=O) groups is 1. The van der Waals surface area contributed by atoms with E-state index in [2.05, 4.69) is 4.74 Å². The van der Waals surface area contributed by atoms with Gasteiger partial charge in [-0.15, -0.1) is 0 Å². The molecule has 0 bridgehead atoms. The molecule has 0 aromatic carbocycles. The topological polar surface area (TPSA) is 85.2 Å². The van der Waals surface area contributed by atoms with Crippen molar-refractivity contribution in [1.29, 1.82) is 0 Å². The molecule has 6 heteroatoms. The van der Waals surface area contributed by atoms with E-state index in [0.717, 1.165) is 51.6 Å². The van der Waals surface area contributed by atoms with E-state index in [1.165, 1.54) is 13.2 Å². The van der Waals surface area contributed by atoms with Gasteiger partial charge in [0.25, 0.3) is 0 Å². The van der Waals surface area contributed by atoms with Crippen LogP contribution in [0.3, 0.4) is 0 Å². The van der Waals surface area contributed by atoms with Gasteiger partial charge in [0.05, 0.1) is 19.3 Å². The quantitative estimate of drug-likeness (QED) is 0.374. The molecular weight excluding hydrogens is 324 g/mol. The number of methoxy groups -OCH3 is 1. The summed E-state index contributed by atoms with van der Waals surface area (Å²) in [7, 11) is 1.36. The highest BCUT2D eigenvalue weighted by Crippen LogP contribution is 2.38. The molecule has 1 aliphatic carbocycles. The molecule has 1 saturated carbocycles. The van der Waals surface area contributed by atoms with Gasteiger partial charge >= 0.3 is 5.97 Å². The maximum atomic E-state index is 11.0. The third-order valence-corrected chi connectivity index (χ3v) is 5.28. The molecule has 2 aliphatic rings. The zero-order valence-corrected chi connectivity index (χ0v) is 15.1. The van der Waals surface area contributed by atoms with E-state index < -0.39 is 6.10 Å². The second kappa shape index (κ2) is 10.9. The molecule has 2 N–H and O–H groups in total. The van der Waals surface area contributed by atoms with Gasteiger partial charge in [-0.05, 0) is 44.4 Å². The molecule has 2 fully saturated rings. The predicted molar refractivity (Wildman–Crippen MR) is 92.8 cm³/mol. The van der Waals surface area contributed by atoms with Crippen LogP contribution in [0, 0.1) is 11.8 Å². The SMILES string of the molecule is COC(=O)/C=C/CCCC[C@H]1[C@H](CO)[C@@H](OC2CCCCO2)C[C@H]1O. The fraction of sp³-hybridized carbons (Fsp3) is 0.842. The van der Waals surface area contributed by atoms with E-state index in [4.69, 9.17) is 9.47 Å². The molecule has 2 rings (SSSR count).